The summed E-state index contributed by atoms with van der Waals surface area (Å²) in [7, 11) is 0. The van der Waals surface area contributed by atoms with E-state index in [9.17, 15) is 0 Å². The van der Waals surface area contributed by atoms with Crippen LogP contribution in [0.3, 0.4) is 0 Å². The first-order chi connectivity index (χ1) is 8.34. The number of rotatable bonds is 1. The third-order valence-electron chi connectivity index (χ3n) is 2.79. The van der Waals surface area contributed by atoms with Crippen molar-refractivity contribution in [2.24, 2.45) is 4.99 Å². The van der Waals surface area contributed by atoms with Gasteiger partial charge in [-0.15, -0.1) is 0 Å². The first kappa shape index (κ1) is 10.5. The molecule has 0 N–H and O–H groups in total. The van der Waals surface area contributed by atoms with Crippen LogP contribution in [0, 0.1) is 0 Å². The van der Waals surface area contributed by atoms with Gasteiger partial charge in [0.05, 0.1) is 11.0 Å². The Balaban J connectivity index is 2.10. The molecule has 1 aliphatic heterocycles. The Morgan fingerprint density at radius 2 is 1.76 bits per heavy atom. The molecule has 2 aromatic rings. The normalized spacial score (nSPS) is 13.6. The summed E-state index contributed by atoms with van der Waals surface area (Å²) in [6.45, 7) is 0.666. The number of para-hydroxylation sites is 2. The van der Waals surface area contributed by atoms with Crippen molar-refractivity contribution in [1.82, 2.24) is 0 Å². The molecule has 1 heterocycles. The summed E-state index contributed by atoms with van der Waals surface area (Å²) >= 11 is 3.57. The largest absolute Gasteiger partial charge is 0.326 e. The molecule has 0 amide bonds. The summed E-state index contributed by atoms with van der Waals surface area (Å²) in [6, 6.07) is 16.4. The summed E-state index contributed by atoms with van der Waals surface area (Å²) in [5.74, 6) is 0. The zero-order valence-electron chi connectivity index (χ0n) is 9.18. The number of benzene rings is 2. The van der Waals surface area contributed by atoms with E-state index in [4.69, 9.17) is 0 Å². The highest BCUT2D eigenvalue weighted by molar-refractivity contribution is 9.10. The molecule has 0 saturated carbocycles. The lowest BCUT2D eigenvalue weighted by Crippen LogP contribution is -2.35. The summed E-state index contributed by atoms with van der Waals surface area (Å²) in [4.78, 5) is 6.71. The van der Waals surface area contributed by atoms with Crippen LogP contribution in [0.4, 0.5) is 5.69 Å². The van der Waals surface area contributed by atoms with Crippen molar-refractivity contribution in [3.8, 4) is 0 Å². The van der Waals surface area contributed by atoms with E-state index in [1.807, 2.05) is 36.4 Å². The fourth-order valence-corrected chi connectivity index (χ4v) is 2.44. The van der Waals surface area contributed by atoms with Gasteiger partial charge in [0.15, 0.2) is 0 Å². The molecule has 0 aromatic heterocycles. The molecule has 2 aromatic carbocycles. The maximum absolute atomic E-state index is 4.57. The van der Waals surface area contributed by atoms with Gasteiger partial charge in [-0.25, -0.2) is 0 Å². The highest BCUT2D eigenvalue weighted by Gasteiger charge is 2.08. The maximum atomic E-state index is 4.57. The molecule has 0 aliphatic carbocycles. The fourth-order valence-electron chi connectivity index (χ4n) is 1.93. The monoisotopic (exact) mass is 286 g/mol. The van der Waals surface area contributed by atoms with Gasteiger partial charge < -0.3 is 4.90 Å². The number of hydrogen-bond donors (Lipinski definition) is 0. The predicted molar refractivity (Wildman–Crippen MR) is 73.2 cm³/mol. The standard InChI is InChI=1S/C14H11BrN2/c15-12-6-2-4-8-14(12)17-9-11-5-1-3-7-13(11)16-10-17/h1-9H,10H2. The van der Waals surface area contributed by atoms with E-state index in [1.54, 1.807) is 0 Å². The third-order valence-corrected chi connectivity index (χ3v) is 3.46. The highest BCUT2D eigenvalue weighted by Crippen LogP contribution is 2.26. The quantitative estimate of drug-likeness (QED) is 0.785. The van der Waals surface area contributed by atoms with Crippen molar-refractivity contribution in [3.05, 3.63) is 63.6 Å². The lowest BCUT2D eigenvalue weighted by Gasteiger charge is -2.21. The number of hydrogen-bond acceptors (Lipinski definition) is 2. The molecular formula is C14H11BrN2. The van der Waals surface area contributed by atoms with Crippen molar-refractivity contribution < 1.29 is 0 Å². The molecule has 3 heteroatoms. The highest BCUT2D eigenvalue weighted by atomic mass is 79.9. The predicted octanol–water partition coefficient (Wildman–Crippen LogP) is 2.28. The van der Waals surface area contributed by atoms with Gasteiger partial charge in [0.1, 0.15) is 6.67 Å². The molecule has 1 aliphatic rings. The van der Waals surface area contributed by atoms with Crippen LogP contribution in [-0.4, -0.2) is 6.67 Å². The minimum absolute atomic E-state index is 0.666. The van der Waals surface area contributed by atoms with Crippen LogP contribution >= 0.6 is 15.9 Å². The van der Waals surface area contributed by atoms with Crippen molar-refractivity contribution in [1.29, 1.82) is 0 Å². The van der Waals surface area contributed by atoms with E-state index in [-0.39, 0.29) is 0 Å². The Morgan fingerprint density at radius 3 is 2.65 bits per heavy atom. The Morgan fingerprint density at radius 1 is 1.00 bits per heavy atom. The summed E-state index contributed by atoms with van der Waals surface area (Å²) in [6.07, 6.45) is 2.14. The van der Waals surface area contributed by atoms with Crippen LogP contribution in [0.15, 0.2) is 58.0 Å². The van der Waals surface area contributed by atoms with E-state index >= 15 is 0 Å². The van der Waals surface area contributed by atoms with E-state index in [1.165, 1.54) is 0 Å². The van der Waals surface area contributed by atoms with Crippen molar-refractivity contribution in [2.75, 3.05) is 11.6 Å². The van der Waals surface area contributed by atoms with E-state index in [0.717, 1.165) is 20.7 Å². The number of halogens is 1. The lowest BCUT2D eigenvalue weighted by molar-refractivity contribution is 0.937. The molecule has 0 unspecified atom stereocenters. The van der Waals surface area contributed by atoms with Gasteiger partial charge in [-0.3, -0.25) is 4.99 Å². The topological polar surface area (TPSA) is 15.6 Å². The van der Waals surface area contributed by atoms with E-state index in [0.29, 0.717) is 6.67 Å². The summed E-state index contributed by atoms with van der Waals surface area (Å²) in [5, 5.41) is 2.23. The minimum atomic E-state index is 0.666. The van der Waals surface area contributed by atoms with E-state index < -0.39 is 0 Å². The fraction of sp³-hybridized carbons (Fsp3) is 0.0714. The number of nitrogens with zero attached hydrogens (tertiary/aromatic N) is 2. The van der Waals surface area contributed by atoms with Crippen LogP contribution in [0.1, 0.15) is 0 Å². The molecule has 0 radical (unpaired) electrons. The SMILES string of the molecule is Brc1ccccc1N1C=c2ccccc2=NC1. The van der Waals surface area contributed by atoms with Gasteiger partial charge in [0.2, 0.25) is 0 Å². The molecule has 0 bridgehead atoms. The van der Waals surface area contributed by atoms with Crippen LogP contribution in [0.25, 0.3) is 6.20 Å². The zero-order chi connectivity index (χ0) is 11.7. The minimum Gasteiger partial charge on any atom is -0.326 e. The second kappa shape index (κ2) is 4.34. The Kier molecular flexibility index (Phi) is 2.69. The van der Waals surface area contributed by atoms with Gasteiger partial charge in [0, 0.05) is 15.9 Å². The Bertz CT molecular complexity index is 664. The molecule has 0 saturated heterocycles. The summed E-state index contributed by atoms with van der Waals surface area (Å²) in [5.41, 5.74) is 1.14. The van der Waals surface area contributed by atoms with Gasteiger partial charge in [-0.05, 0) is 34.1 Å². The Labute approximate surface area is 108 Å². The molecular weight excluding hydrogens is 276 g/mol. The van der Waals surface area contributed by atoms with Crippen molar-refractivity contribution in [3.63, 3.8) is 0 Å². The zero-order valence-corrected chi connectivity index (χ0v) is 10.8. The lowest BCUT2D eigenvalue weighted by atomic mass is 10.2. The van der Waals surface area contributed by atoms with Gasteiger partial charge in [0.25, 0.3) is 0 Å². The van der Waals surface area contributed by atoms with Gasteiger partial charge in [-0.1, -0.05) is 30.3 Å². The third kappa shape index (κ3) is 1.98. The molecule has 0 fully saturated rings. The average Bonchev–Trinajstić information content (AvgIpc) is 2.39. The van der Waals surface area contributed by atoms with Crippen molar-refractivity contribution in [2.45, 2.75) is 0 Å². The second-order valence-corrected chi connectivity index (χ2v) is 4.76. The first-order valence-electron chi connectivity index (χ1n) is 5.47. The van der Waals surface area contributed by atoms with Crippen LogP contribution in [0.2, 0.25) is 0 Å². The smallest absolute Gasteiger partial charge is 0.115 e. The molecule has 0 spiro atoms. The molecule has 84 valence electrons. The second-order valence-electron chi connectivity index (χ2n) is 3.91. The van der Waals surface area contributed by atoms with Crippen LogP contribution in [0.5, 0.6) is 0 Å². The molecule has 0 atom stereocenters. The first-order valence-corrected chi connectivity index (χ1v) is 6.26. The average molecular weight is 287 g/mol. The number of anilines is 1. The molecule has 3 rings (SSSR count). The van der Waals surface area contributed by atoms with E-state index in [2.05, 4.69) is 44.2 Å². The Hall–Kier alpha value is -1.61. The van der Waals surface area contributed by atoms with Gasteiger partial charge >= 0.3 is 0 Å². The van der Waals surface area contributed by atoms with Crippen molar-refractivity contribution >= 4 is 27.8 Å². The number of fused-ring (bicyclic) bond motifs is 1. The maximum Gasteiger partial charge on any atom is 0.115 e. The van der Waals surface area contributed by atoms with Crippen LogP contribution < -0.4 is 15.5 Å². The van der Waals surface area contributed by atoms with Gasteiger partial charge in [-0.2, -0.15) is 0 Å². The van der Waals surface area contributed by atoms with Crippen LogP contribution in [-0.2, 0) is 0 Å². The summed E-state index contributed by atoms with van der Waals surface area (Å²) < 4.78 is 1.09. The molecule has 17 heavy (non-hydrogen) atoms. The molecule has 2 nitrogen and oxygen atoms in total.